The summed E-state index contributed by atoms with van der Waals surface area (Å²) in [5.74, 6) is 1.08. The van der Waals surface area contributed by atoms with E-state index >= 15 is 0 Å². The van der Waals surface area contributed by atoms with Crippen molar-refractivity contribution in [1.29, 1.82) is 0 Å². The molecule has 2 atom stereocenters. The minimum atomic E-state index is -0.0231. The maximum atomic E-state index is 12.6. The number of hydrogen-bond donors (Lipinski definition) is 1. The summed E-state index contributed by atoms with van der Waals surface area (Å²) in [7, 11) is 5.87. The van der Waals surface area contributed by atoms with Crippen LogP contribution in [0.4, 0.5) is 5.82 Å². The smallest absolute Gasteiger partial charge is 0.255 e. The van der Waals surface area contributed by atoms with E-state index in [1.54, 1.807) is 13.1 Å². The Bertz CT molecular complexity index is 506. The van der Waals surface area contributed by atoms with Crippen molar-refractivity contribution in [3.63, 3.8) is 0 Å². The number of amides is 1. The Labute approximate surface area is 124 Å². The Balaban J connectivity index is 2.20. The van der Waals surface area contributed by atoms with Gasteiger partial charge in [-0.1, -0.05) is 18.5 Å². The first-order valence-corrected chi connectivity index (χ1v) is 7.10. The molecule has 0 radical (unpaired) electrons. The number of hydrogen-bond acceptors (Lipinski definition) is 4. The molecule has 1 fully saturated rings. The van der Waals surface area contributed by atoms with Crippen LogP contribution in [0.3, 0.4) is 0 Å². The summed E-state index contributed by atoms with van der Waals surface area (Å²) in [4.78, 5) is 20.8. The van der Waals surface area contributed by atoms with Crippen molar-refractivity contribution in [3.05, 3.63) is 22.8 Å². The van der Waals surface area contributed by atoms with Crippen molar-refractivity contribution in [2.75, 3.05) is 39.5 Å². The molecule has 2 rings (SSSR count). The van der Waals surface area contributed by atoms with Gasteiger partial charge in [-0.25, -0.2) is 4.98 Å². The molecule has 1 aliphatic rings. The fourth-order valence-electron chi connectivity index (χ4n) is 2.70. The van der Waals surface area contributed by atoms with Crippen molar-refractivity contribution < 1.29 is 4.79 Å². The Morgan fingerprint density at radius 1 is 1.50 bits per heavy atom. The number of carbonyl (C=O) groups is 1. The lowest BCUT2D eigenvalue weighted by molar-refractivity contribution is 0.0781. The van der Waals surface area contributed by atoms with E-state index in [1.807, 2.05) is 19.0 Å². The predicted molar refractivity (Wildman–Crippen MR) is 81.3 cm³/mol. The largest absolute Gasteiger partial charge is 0.373 e. The quantitative estimate of drug-likeness (QED) is 0.924. The van der Waals surface area contributed by atoms with Crippen LogP contribution in [0.15, 0.2) is 12.3 Å². The van der Waals surface area contributed by atoms with Crippen molar-refractivity contribution in [1.82, 2.24) is 14.8 Å². The molecule has 2 unspecified atom stereocenters. The number of anilines is 1. The van der Waals surface area contributed by atoms with Crippen LogP contribution in [0.25, 0.3) is 0 Å². The number of pyridine rings is 1. The molecule has 6 heteroatoms. The van der Waals surface area contributed by atoms with Crippen LogP contribution >= 0.6 is 11.6 Å². The number of likely N-dealkylation sites (N-methyl/N-ethyl adjacent to an activating group) is 1. The van der Waals surface area contributed by atoms with Crippen LogP contribution in [-0.2, 0) is 0 Å². The summed E-state index contributed by atoms with van der Waals surface area (Å²) in [6.07, 6.45) is 1.52. The van der Waals surface area contributed by atoms with Crippen molar-refractivity contribution in [2.24, 2.45) is 5.92 Å². The lowest BCUT2D eigenvalue weighted by Crippen LogP contribution is -2.35. The van der Waals surface area contributed by atoms with Gasteiger partial charge in [0.1, 0.15) is 5.82 Å². The first kappa shape index (κ1) is 15.1. The monoisotopic (exact) mass is 296 g/mol. The molecule has 1 aromatic rings. The molecule has 5 nitrogen and oxygen atoms in total. The van der Waals surface area contributed by atoms with Gasteiger partial charge >= 0.3 is 0 Å². The number of nitrogens with zero attached hydrogens (tertiary/aromatic N) is 3. The maximum Gasteiger partial charge on any atom is 0.255 e. The summed E-state index contributed by atoms with van der Waals surface area (Å²) < 4.78 is 0. The maximum absolute atomic E-state index is 12.6. The molecule has 0 spiro atoms. The minimum Gasteiger partial charge on any atom is -0.373 e. The molecule has 20 heavy (non-hydrogen) atoms. The van der Waals surface area contributed by atoms with Gasteiger partial charge in [-0.2, -0.15) is 0 Å². The summed E-state index contributed by atoms with van der Waals surface area (Å²) in [5.41, 5.74) is 0.512. The lowest BCUT2D eigenvalue weighted by atomic mass is 10.1. The molecular weight excluding hydrogens is 276 g/mol. The standard InChI is InChI=1S/C14H21ClN4O/c1-9-7-19(8-12(9)18(3)4)14(20)10-5-13(16-2)17-6-11(10)15/h5-6,9,12H,7-8H2,1-4H3,(H,16,17). The summed E-state index contributed by atoms with van der Waals surface area (Å²) in [5, 5.41) is 3.33. The number of nitrogens with one attached hydrogen (secondary N) is 1. The molecular formula is C14H21ClN4O. The van der Waals surface area contributed by atoms with Crippen molar-refractivity contribution >= 4 is 23.3 Å². The van der Waals surface area contributed by atoms with Crippen molar-refractivity contribution in [2.45, 2.75) is 13.0 Å². The molecule has 2 heterocycles. The molecule has 0 aliphatic carbocycles. The van der Waals surface area contributed by atoms with Gasteiger partial charge < -0.3 is 15.1 Å². The zero-order valence-corrected chi connectivity index (χ0v) is 13.1. The van der Waals surface area contributed by atoms with Crippen molar-refractivity contribution in [3.8, 4) is 0 Å². The van der Waals surface area contributed by atoms with E-state index in [9.17, 15) is 4.79 Å². The van der Waals surface area contributed by atoms with E-state index in [2.05, 4.69) is 22.1 Å². The highest BCUT2D eigenvalue weighted by molar-refractivity contribution is 6.33. The number of halogens is 1. The summed E-state index contributed by atoms with van der Waals surface area (Å²) in [6.45, 7) is 3.67. The number of likely N-dealkylation sites (tertiary alicyclic amines) is 1. The van der Waals surface area contributed by atoms with Gasteiger partial charge in [-0.3, -0.25) is 4.79 Å². The highest BCUT2D eigenvalue weighted by Crippen LogP contribution is 2.25. The van der Waals surface area contributed by atoms with Crippen LogP contribution in [-0.4, -0.2) is 61.0 Å². The molecule has 1 amide bonds. The molecule has 110 valence electrons. The summed E-state index contributed by atoms with van der Waals surface area (Å²) in [6, 6.07) is 2.10. The molecule has 0 aromatic carbocycles. The first-order chi connectivity index (χ1) is 9.43. The topological polar surface area (TPSA) is 48.5 Å². The molecule has 0 saturated carbocycles. The van der Waals surface area contributed by atoms with Gasteiger partial charge in [0.05, 0.1) is 10.6 Å². The third-order valence-electron chi connectivity index (χ3n) is 3.87. The number of carbonyl (C=O) groups excluding carboxylic acids is 1. The fourth-order valence-corrected chi connectivity index (χ4v) is 2.88. The van der Waals surface area contributed by atoms with Crippen LogP contribution in [0.2, 0.25) is 5.02 Å². The van der Waals surface area contributed by atoms with E-state index in [-0.39, 0.29) is 5.91 Å². The average Bonchev–Trinajstić information content (AvgIpc) is 2.81. The number of aromatic nitrogens is 1. The third kappa shape index (κ3) is 2.88. The second-order valence-corrected chi connectivity index (χ2v) is 5.92. The molecule has 1 saturated heterocycles. The predicted octanol–water partition coefficient (Wildman–Crippen LogP) is 1.80. The van der Waals surface area contributed by atoms with Gasteiger partial charge in [0.25, 0.3) is 5.91 Å². The van der Waals surface area contributed by atoms with Gasteiger partial charge in [-0.05, 0) is 26.1 Å². The lowest BCUT2D eigenvalue weighted by Gasteiger charge is -2.22. The van der Waals surface area contributed by atoms with Gasteiger partial charge in [0.2, 0.25) is 0 Å². The normalized spacial score (nSPS) is 22.4. The van der Waals surface area contributed by atoms with Gasteiger partial charge in [-0.15, -0.1) is 0 Å². The molecule has 0 bridgehead atoms. The van der Waals surface area contributed by atoms with Crippen LogP contribution in [0.1, 0.15) is 17.3 Å². The average molecular weight is 297 g/mol. The highest BCUT2D eigenvalue weighted by Gasteiger charge is 2.34. The second kappa shape index (κ2) is 5.97. The van der Waals surface area contributed by atoms with E-state index in [1.165, 1.54) is 6.20 Å². The van der Waals surface area contributed by atoms with Gasteiger partial charge in [0, 0.05) is 32.4 Å². The van der Waals surface area contributed by atoms with E-state index in [4.69, 9.17) is 11.6 Å². The summed E-state index contributed by atoms with van der Waals surface area (Å²) >= 11 is 6.11. The Morgan fingerprint density at radius 3 is 2.75 bits per heavy atom. The third-order valence-corrected chi connectivity index (χ3v) is 4.17. The Kier molecular flexibility index (Phi) is 4.50. The molecule has 1 N–H and O–H groups in total. The Morgan fingerprint density at radius 2 is 2.20 bits per heavy atom. The second-order valence-electron chi connectivity index (χ2n) is 5.52. The SMILES string of the molecule is CNc1cc(C(=O)N2CC(C)C(N(C)C)C2)c(Cl)cn1. The van der Waals surface area contributed by atoms with Crippen LogP contribution < -0.4 is 5.32 Å². The molecule has 1 aliphatic heterocycles. The van der Waals surface area contributed by atoms with E-state index < -0.39 is 0 Å². The zero-order valence-electron chi connectivity index (χ0n) is 12.4. The van der Waals surface area contributed by atoms with E-state index in [0.717, 1.165) is 13.1 Å². The zero-order chi connectivity index (χ0) is 14.9. The van der Waals surface area contributed by atoms with Crippen LogP contribution in [0.5, 0.6) is 0 Å². The number of rotatable bonds is 3. The Hall–Kier alpha value is -1.33. The first-order valence-electron chi connectivity index (χ1n) is 6.73. The van der Waals surface area contributed by atoms with E-state index in [0.29, 0.717) is 28.4 Å². The fraction of sp³-hybridized carbons (Fsp3) is 0.571. The minimum absolute atomic E-state index is 0.0231. The molecule has 1 aromatic heterocycles. The van der Waals surface area contributed by atoms with Gasteiger partial charge in [0.15, 0.2) is 0 Å². The van der Waals surface area contributed by atoms with Crippen LogP contribution in [0, 0.1) is 5.92 Å². The highest BCUT2D eigenvalue weighted by atomic mass is 35.5.